The fraction of sp³-hybridized carbons (Fsp3) is 0.690. The second kappa shape index (κ2) is 11.5. The van der Waals surface area contributed by atoms with Crippen LogP contribution in [0, 0.1) is 35.0 Å². The quantitative estimate of drug-likeness (QED) is 0.414. The maximum Gasteiger partial charge on any atom is 0.407 e. The molecule has 0 radical (unpaired) electrons. The number of carbonyl (C=O) groups excluding carboxylic acids is 3. The number of hydrogen-bond acceptors (Lipinski definition) is 8. The van der Waals surface area contributed by atoms with Crippen LogP contribution in [0.4, 0.5) is 10.5 Å². The molecule has 9 nitrogen and oxygen atoms in total. The lowest BCUT2D eigenvalue weighted by Gasteiger charge is -2.38. The highest BCUT2D eigenvalue weighted by Gasteiger charge is 2.44. The van der Waals surface area contributed by atoms with Gasteiger partial charge in [-0.1, -0.05) is 18.8 Å². The molecular weight excluding hydrogens is 520 g/mol. The van der Waals surface area contributed by atoms with Crippen LogP contribution in [0.2, 0.25) is 0 Å². The van der Waals surface area contributed by atoms with Crippen molar-refractivity contribution in [1.29, 1.82) is 0 Å². The molecule has 3 aliphatic heterocycles. The van der Waals surface area contributed by atoms with Crippen LogP contribution in [-0.2, 0) is 23.7 Å². The molecule has 1 aromatic heterocycles. The number of carbonyl (C=O) groups is 3. The highest BCUT2D eigenvalue weighted by atomic mass is 32.1. The molecular formula is C29H38N2O7S. The number of nitrogens with zero attached hydrogens (tertiary/aromatic N) is 1. The monoisotopic (exact) mass is 558 g/mol. The lowest BCUT2D eigenvalue weighted by molar-refractivity contribution is -0.126. The highest BCUT2D eigenvalue weighted by molar-refractivity contribution is 7.15. The van der Waals surface area contributed by atoms with Gasteiger partial charge in [0.05, 0.1) is 29.7 Å². The van der Waals surface area contributed by atoms with Crippen LogP contribution in [0.3, 0.4) is 0 Å². The minimum atomic E-state index is -0.822. The Morgan fingerprint density at radius 3 is 2.69 bits per heavy atom. The van der Waals surface area contributed by atoms with E-state index in [1.807, 2.05) is 26.8 Å². The van der Waals surface area contributed by atoms with Crippen molar-refractivity contribution in [2.24, 2.45) is 23.2 Å². The van der Waals surface area contributed by atoms with E-state index in [4.69, 9.17) is 18.9 Å². The van der Waals surface area contributed by atoms with E-state index in [1.54, 1.807) is 4.90 Å². The highest BCUT2D eigenvalue weighted by Crippen LogP contribution is 2.40. The first kappa shape index (κ1) is 27.9. The van der Waals surface area contributed by atoms with Crippen molar-refractivity contribution in [2.45, 2.75) is 84.8 Å². The zero-order chi connectivity index (χ0) is 27.7. The van der Waals surface area contributed by atoms with E-state index in [0.717, 1.165) is 37.0 Å². The average molecular weight is 559 g/mol. The Hall–Kier alpha value is -2.61. The Balaban J connectivity index is 1.29. The maximum atomic E-state index is 13.9. The Morgan fingerprint density at radius 2 is 1.95 bits per heavy atom. The smallest absolute Gasteiger partial charge is 0.407 e. The molecule has 4 atom stereocenters. The minimum Gasteiger partial charge on any atom is -0.443 e. The van der Waals surface area contributed by atoms with Gasteiger partial charge in [-0.05, 0) is 64.9 Å². The number of amides is 2. The Labute approximate surface area is 233 Å². The first-order valence-corrected chi connectivity index (χ1v) is 14.8. The third-order valence-corrected chi connectivity index (χ3v) is 8.78. The third kappa shape index (κ3) is 6.42. The van der Waals surface area contributed by atoms with Gasteiger partial charge in [-0.25, -0.2) is 9.59 Å². The van der Waals surface area contributed by atoms with Crippen molar-refractivity contribution in [3.8, 4) is 11.8 Å². The van der Waals surface area contributed by atoms with Gasteiger partial charge in [0.1, 0.15) is 11.0 Å². The van der Waals surface area contributed by atoms with E-state index < -0.39 is 18.3 Å². The lowest BCUT2D eigenvalue weighted by Crippen LogP contribution is -2.50. The predicted octanol–water partition coefficient (Wildman–Crippen LogP) is 4.68. The van der Waals surface area contributed by atoms with Crippen LogP contribution >= 0.6 is 11.3 Å². The van der Waals surface area contributed by atoms with Gasteiger partial charge in [0.15, 0.2) is 12.5 Å². The minimum absolute atomic E-state index is 0.0354. The van der Waals surface area contributed by atoms with Crippen molar-refractivity contribution in [3.63, 3.8) is 0 Å². The van der Waals surface area contributed by atoms with E-state index in [-0.39, 0.29) is 48.5 Å². The number of ether oxygens (including phenoxy) is 4. The van der Waals surface area contributed by atoms with Gasteiger partial charge in [0, 0.05) is 24.3 Å². The molecule has 2 amide bonds. The first-order valence-electron chi connectivity index (χ1n) is 14.0. The Morgan fingerprint density at radius 1 is 1.18 bits per heavy atom. The number of nitrogens with one attached hydrogen (secondary N) is 1. The van der Waals surface area contributed by atoms with Gasteiger partial charge < -0.3 is 24.3 Å². The second-order valence-electron chi connectivity index (χ2n) is 12.0. The van der Waals surface area contributed by atoms with Gasteiger partial charge in [0.25, 0.3) is 0 Å². The van der Waals surface area contributed by atoms with Crippen LogP contribution in [0.25, 0.3) is 0 Å². The molecule has 10 heteroatoms. The number of rotatable bonds is 5. The lowest BCUT2D eigenvalue weighted by atomic mass is 9.82. The van der Waals surface area contributed by atoms with Crippen molar-refractivity contribution in [2.75, 3.05) is 24.7 Å². The molecule has 0 bridgehead atoms. The van der Waals surface area contributed by atoms with Gasteiger partial charge in [-0.15, -0.1) is 11.3 Å². The van der Waals surface area contributed by atoms with Crippen LogP contribution in [-0.4, -0.2) is 56.4 Å². The number of alkyl carbamates (subject to hydrolysis) is 1. The SMILES string of the molecule is CC(C)(C)C#Cc1cc2c(s1)C(=O)O[C@@H](CCNC(=O)O[C@H]1CO[C@H]3OCC[C@H]31)N2C(=O)[C@H]1CC[C@H](C)CC1. The summed E-state index contributed by atoms with van der Waals surface area (Å²) < 4.78 is 22.4. The summed E-state index contributed by atoms with van der Waals surface area (Å²) in [4.78, 5) is 42.1. The summed E-state index contributed by atoms with van der Waals surface area (Å²) in [6, 6.07) is 1.83. The largest absolute Gasteiger partial charge is 0.443 e. The van der Waals surface area contributed by atoms with E-state index in [9.17, 15) is 14.4 Å². The summed E-state index contributed by atoms with van der Waals surface area (Å²) in [6.45, 7) is 9.37. The summed E-state index contributed by atoms with van der Waals surface area (Å²) in [5, 5.41) is 2.76. The third-order valence-electron chi connectivity index (χ3n) is 7.76. The van der Waals surface area contributed by atoms with Gasteiger partial charge in [-0.3, -0.25) is 9.69 Å². The van der Waals surface area contributed by atoms with Crippen LogP contribution < -0.4 is 10.2 Å². The normalized spacial score (nSPS) is 30.1. The number of cyclic esters (lactones) is 1. The number of thiophene rings is 1. The molecule has 0 aromatic carbocycles. The van der Waals surface area contributed by atoms with Crippen molar-refractivity contribution in [3.05, 3.63) is 15.8 Å². The summed E-state index contributed by atoms with van der Waals surface area (Å²) in [5.41, 5.74) is 0.361. The Kier molecular flexibility index (Phi) is 8.22. The first-order chi connectivity index (χ1) is 18.6. The van der Waals surface area contributed by atoms with E-state index >= 15 is 0 Å². The Bertz CT molecular complexity index is 1150. The molecule has 2 saturated heterocycles. The molecule has 212 valence electrons. The summed E-state index contributed by atoms with van der Waals surface area (Å²) in [5.74, 6) is 6.39. The average Bonchev–Trinajstić information content (AvgIpc) is 3.60. The van der Waals surface area contributed by atoms with Gasteiger partial charge in [-0.2, -0.15) is 0 Å². The number of fused-ring (bicyclic) bond motifs is 2. The van der Waals surface area contributed by atoms with Crippen LogP contribution in [0.1, 0.15) is 80.8 Å². The molecule has 1 aliphatic carbocycles. The standard InChI is InChI=1S/C29H38N2O7S/c1-17-5-7-18(8-6-17)25(32)31-21-15-19(9-12-29(2,3)4)39-24(21)26(33)38-23(31)10-13-30-28(34)37-22-16-36-27-20(22)11-14-35-27/h15,17-18,20,22-23,27H,5-8,10-11,13-14,16H2,1-4H3,(H,30,34)/t17-,18-,20-,22-,23-,27+/m0/s1. The van der Waals surface area contributed by atoms with Crippen molar-refractivity contribution >= 4 is 35.0 Å². The number of anilines is 1. The van der Waals surface area contributed by atoms with E-state index in [2.05, 4.69) is 24.1 Å². The van der Waals surface area contributed by atoms with Crippen molar-refractivity contribution in [1.82, 2.24) is 5.32 Å². The van der Waals surface area contributed by atoms with Crippen LogP contribution in [0.5, 0.6) is 0 Å². The zero-order valence-electron chi connectivity index (χ0n) is 23.1. The molecule has 4 aliphatic rings. The van der Waals surface area contributed by atoms with Gasteiger partial charge in [0.2, 0.25) is 5.91 Å². The van der Waals surface area contributed by atoms with E-state index in [0.29, 0.717) is 29.7 Å². The molecule has 3 fully saturated rings. The van der Waals surface area contributed by atoms with Crippen molar-refractivity contribution < 1.29 is 33.3 Å². The summed E-state index contributed by atoms with van der Waals surface area (Å²) in [7, 11) is 0. The fourth-order valence-electron chi connectivity index (χ4n) is 5.58. The maximum absolute atomic E-state index is 13.9. The molecule has 1 saturated carbocycles. The van der Waals surface area contributed by atoms with Gasteiger partial charge >= 0.3 is 12.1 Å². The summed E-state index contributed by atoms with van der Waals surface area (Å²) >= 11 is 1.25. The zero-order valence-corrected chi connectivity index (χ0v) is 23.9. The van der Waals surface area contributed by atoms with E-state index in [1.165, 1.54) is 11.3 Å². The molecule has 1 N–H and O–H groups in total. The number of hydrogen-bond donors (Lipinski definition) is 1. The summed E-state index contributed by atoms with van der Waals surface area (Å²) in [6.07, 6.45) is 2.62. The molecule has 4 heterocycles. The topological polar surface area (TPSA) is 103 Å². The van der Waals surface area contributed by atoms with Crippen LogP contribution in [0.15, 0.2) is 6.07 Å². The molecule has 0 unspecified atom stereocenters. The fourth-order valence-corrected chi connectivity index (χ4v) is 6.46. The molecule has 0 spiro atoms. The molecule has 5 rings (SSSR count). The number of esters is 1. The predicted molar refractivity (Wildman–Crippen MR) is 145 cm³/mol. The molecule has 39 heavy (non-hydrogen) atoms. The second-order valence-corrected chi connectivity index (χ2v) is 13.1. The molecule has 1 aromatic rings.